The van der Waals surface area contributed by atoms with Gasteiger partial charge >= 0.3 is 17.9 Å². The zero-order valence-electron chi connectivity index (χ0n) is 22.4. The van der Waals surface area contributed by atoms with Gasteiger partial charge in [0.2, 0.25) is 0 Å². The Morgan fingerprint density at radius 2 is 0.978 bits per heavy atom. The SMILES string of the molecule is O=C(OCC1O[C@H](O)C(O)(COC(=O)c2cc(O)c(O)c(O)c2)C1OC(=O)c1cc(O)c(O)c(O)c1)c1cc(O)c(O)c(O)c1. The molecule has 0 radical (unpaired) electrons. The number of aliphatic hydroxyl groups is 2. The minimum Gasteiger partial charge on any atom is -0.504 e. The Balaban J connectivity index is 1.60. The Bertz CT molecular complexity index is 1600. The quantitative estimate of drug-likeness (QED) is 0.0860. The summed E-state index contributed by atoms with van der Waals surface area (Å²) in [5, 5.41) is 109. The average molecular weight is 636 g/mol. The summed E-state index contributed by atoms with van der Waals surface area (Å²) in [6.45, 7) is -2.14. The van der Waals surface area contributed by atoms with Gasteiger partial charge in [0, 0.05) is 0 Å². The van der Waals surface area contributed by atoms with E-state index in [1.165, 1.54) is 0 Å². The van der Waals surface area contributed by atoms with E-state index in [2.05, 4.69) is 0 Å². The minimum absolute atomic E-state index is 0.477. The molecule has 0 spiro atoms. The zero-order valence-corrected chi connectivity index (χ0v) is 22.4. The average Bonchev–Trinajstić information content (AvgIpc) is 3.22. The monoisotopic (exact) mass is 636 g/mol. The highest BCUT2D eigenvalue weighted by Gasteiger charge is 2.59. The third-order valence-electron chi connectivity index (χ3n) is 6.53. The maximum Gasteiger partial charge on any atom is 0.338 e. The molecule has 3 aromatic rings. The number of benzene rings is 3. The number of phenolic OH excluding ortho intramolecular Hbond substituents is 9. The predicted molar refractivity (Wildman–Crippen MR) is 140 cm³/mol. The van der Waals surface area contributed by atoms with Crippen LogP contribution in [0.5, 0.6) is 51.7 Å². The van der Waals surface area contributed by atoms with Crippen LogP contribution >= 0.6 is 0 Å². The molecule has 0 aliphatic carbocycles. The molecule has 0 aromatic heterocycles. The largest absolute Gasteiger partial charge is 0.504 e. The molecule has 18 heteroatoms. The van der Waals surface area contributed by atoms with Gasteiger partial charge in [-0.2, -0.15) is 0 Å². The highest BCUT2D eigenvalue weighted by Crippen LogP contribution is 2.39. The lowest BCUT2D eigenvalue weighted by Gasteiger charge is -2.30. The smallest absolute Gasteiger partial charge is 0.338 e. The van der Waals surface area contributed by atoms with E-state index in [0.717, 1.165) is 12.1 Å². The predicted octanol–water partition coefficient (Wildman–Crippen LogP) is -0.275. The Kier molecular flexibility index (Phi) is 8.58. The van der Waals surface area contributed by atoms with Crippen LogP contribution in [0.4, 0.5) is 0 Å². The lowest BCUT2D eigenvalue weighted by atomic mass is 9.95. The van der Waals surface area contributed by atoms with Crippen LogP contribution in [-0.2, 0) is 18.9 Å². The molecule has 1 fully saturated rings. The van der Waals surface area contributed by atoms with Gasteiger partial charge in [-0.15, -0.1) is 0 Å². The van der Waals surface area contributed by atoms with Crippen molar-refractivity contribution in [2.24, 2.45) is 0 Å². The second kappa shape index (κ2) is 12.0. The molecule has 18 nitrogen and oxygen atoms in total. The number of hydrogen-bond donors (Lipinski definition) is 11. The lowest BCUT2D eigenvalue weighted by Crippen LogP contribution is -2.54. The molecule has 1 aliphatic rings. The maximum absolute atomic E-state index is 12.9. The van der Waals surface area contributed by atoms with E-state index in [1.807, 2.05) is 0 Å². The van der Waals surface area contributed by atoms with Crippen LogP contribution in [0.2, 0.25) is 0 Å². The van der Waals surface area contributed by atoms with Gasteiger partial charge in [-0.25, -0.2) is 14.4 Å². The van der Waals surface area contributed by atoms with Crippen LogP contribution in [0.1, 0.15) is 31.1 Å². The van der Waals surface area contributed by atoms with E-state index in [-0.39, 0.29) is 0 Å². The van der Waals surface area contributed by atoms with Gasteiger partial charge in [-0.3, -0.25) is 0 Å². The first-order valence-electron chi connectivity index (χ1n) is 12.4. The van der Waals surface area contributed by atoms with Crippen LogP contribution in [0.3, 0.4) is 0 Å². The van der Waals surface area contributed by atoms with Crippen LogP contribution in [0, 0.1) is 0 Å². The molecule has 0 amide bonds. The number of phenols is 9. The second-order valence-electron chi connectivity index (χ2n) is 9.61. The van der Waals surface area contributed by atoms with Crippen molar-refractivity contribution in [3.8, 4) is 51.7 Å². The van der Waals surface area contributed by atoms with Crippen molar-refractivity contribution >= 4 is 17.9 Å². The first-order valence-corrected chi connectivity index (χ1v) is 12.4. The van der Waals surface area contributed by atoms with Gasteiger partial charge < -0.3 is 75.1 Å². The lowest BCUT2D eigenvalue weighted by molar-refractivity contribution is -0.191. The van der Waals surface area contributed by atoms with E-state index in [1.54, 1.807) is 0 Å². The van der Waals surface area contributed by atoms with Crippen molar-refractivity contribution in [3.05, 3.63) is 53.1 Å². The summed E-state index contributed by atoms with van der Waals surface area (Å²) in [5.41, 5.74) is -4.44. The van der Waals surface area contributed by atoms with Crippen LogP contribution in [-0.4, -0.2) is 111 Å². The number of carbonyl (C=O) groups excluding carboxylic acids is 3. The van der Waals surface area contributed by atoms with Crippen molar-refractivity contribution in [1.29, 1.82) is 0 Å². The van der Waals surface area contributed by atoms with Gasteiger partial charge in [0.15, 0.2) is 69.7 Å². The van der Waals surface area contributed by atoms with E-state index in [9.17, 15) is 70.6 Å². The molecule has 1 aliphatic heterocycles. The summed E-state index contributed by atoms with van der Waals surface area (Å²) in [7, 11) is 0. The van der Waals surface area contributed by atoms with Crippen molar-refractivity contribution in [2.75, 3.05) is 13.2 Å². The fraction of sp³-hybridized carbons (Fsp3) is 0.222. The number of aliphatic hydroxyl groups excluding tert-OH is 1. The zero-order chi connectivity index (χ0) is 33.4. The summed E-state index contributed by atoms with van der Waals surface area (Å²) in [4.78, 5) is 38.1. The highest BCUT2D eigenvalue weighted by molar-refractivity contribution is 5.92. The first-order chi connectivity index (χ1) is 21.0. The summed E-state index contributed by atoms with van der Waals surface area (Å²) in [5.74, 6) is -12.3. The molecule has 3 aromatic carbocycles. The number of carbonyl (C=O) groups is 3. The van der Waals surface area contributed by atoms with Gasteiger partial charge in [-0.1, -0.05) is 0 Å². The molecule has 11 N–H and O–H groups in total. The molecule has 1 saturated heterocycles. The minimum atomic E-state index is -2.83. The Labute approximate surface area is 249 Å². The second-order valence-corrected chi connectivity index (χ2v) is 9.61. The van der Waals surface area contributed by atoms with Gasteiger partial charge in [0.25, 0.3) is 0 Å². The molecule has 0 saturated carbocycles. The summed E-state index contributed by atoms with van der Waals surface area (Å²) < 4.78 is 20.4. The van der Waals surface area contributed by atoms with E-state index in [0.29, 0.717) is 24.3 Å². The Hall–Kier alpha value is -5.85. The Morgan fingerprint density at radius 3 is 1.38 bits per heavy atom. The number of aromatic hydroxyl groups is 9. The molecule has 4 atom stereocenters. The van der Waals surface area contributed by atoms with Crippen molar-refractivity contribution < 1.29 is 89.5 Å². The van der Waals surface area contributed by atoms with E-state index >= 15 is 0 Å². The van der Waals surface area contributed by atoms with Crippen LogP contribution in [0.15, 0.2) is 36.4 Å². The number of hydrogen-bond acceptors (Lipinski definition) is 18. The van der Waals surface area contributed by atoms with E-state index in [4.69, 9.17) is 18.9 Å². The highest BCUT2D eigenvalue weighted by atomic mass is 16.7. The molecule has 0 bridgehead atoms. The summed E-state index contributed by atoms with van der Waals surface area (Å²) >= 11 is 0. The fourth-order valence-electron chi connectivity index (χ4n) is 4.13. The Morgan fingerprint density at radius 1 is 0.622 bits per heavy atom. The molecule has 4 rings (SSSR count). The third kappa shape index (κ3) is 6.27. The van der Waals surface area contributed by atoms with E-state index < -0.39 is 124 Å². The molecule has 1 heterocycles. The normalized spacial score (nSPS) is 20.8. The molecule has 3 unspecified atom stereocenters. The standard InChI is InChI=1S/C27H24O18/c28-12-1-9(2-13(29)19(12)34)23(37)42-7-18-22(45-25(39)11-5-16(32)21(36)17(33)6-11)27(41,26(40)44-18)8-43-24(38)10-3-14(30)20(35)15(31)4-10/h1-6,18,22,26,28-36,40-41H,7-8H2/t18?,22?,26-,27?/m0/s1. The van der Waals surface area contributed by atoms with Crippen molar-refractivity contribution in [3.63, 3.8) is 0 Å². The summed E-state index contributed by atoms with van der Waals surface area (Å²) in [6.07, 6.45) is -6.13. The third-order valence-corrected chi connectivity index (χ3v) is 6.53. The maximum atomic E-state index is 12.9. The molecule has 240 valence electrons. The molecular weight excluding hydrogens is 612 g/mol. The van der Waals surface area contributed by atoms with Gasteiger partial charge in [-0.05, 0) is 36.4 Å². The number of rotatable bonds is 8. The molecule has 45 heavy (non-hydrogen) atoms. The van der Waals surface area contributed by atoms with Crippen molar-refractivity contribution in [2.45, 2.75) is 24.1 Å². The number of ether oxygens (including phenoxy) is 4. The van der Waals surface area contributed by atoms with Gasteiger partial charge in [0.1, 0.15) is 19.3 Å². The molecular formula is C27H24O18. The first kappa shape index (κ1) is 32.1. The van der Waals surface area contributed by atoms with Crippen molar-refractivity contribution in [1.82, 2.24) is 0 Å². The topological polar surface area (TPSA) is 311 Å². The van der Waals surface area contributed by atoms with Gasteiger partial charge in [0.05, 0.1) is 16.7 Å². The van der Waals surface area contributed by atoms with Crippen LogP contribution < -0.4 is 0 Å². The fourth-order valence-corrected chi connectivity index (χ4v) is 4.13. The van der Waals surface area contributed by atoms with Crippen LogP contribution in [0.25, 0.3) is 0 Å². The summed E-state index contributed by atoms with van der Waals surface area (Å²) in [6, 6.07) is 4.21. The number of esters is 3.